The van der Waals surface area contributed by atoms with Crippen LogP contribution in [0.15, 0.2) is 24.3 Å². The summed E-state index contributed by atoms with van der Waals surface area (Å²) in [4.78, 5) is 0. The maximum absolute atomic E-state index is 5.99. The van der Waals surface area contributed by atoms with Crippen LogP contribution in [-0.4, -0.2) is 18.6 Å². The van der Waals surface area contributed by atoms with Gasteiger partial charge in [-0.05, 0) is 17.9 Å². The van der Waals surface area contributed by atoms with Crippen LogP contribution in [0.5, 0.6) is 0 Å². The standard InChI is InChI=1S/C10H14ClNS/c1-13-7-6-12-8-9-4-2-3-5-10(9)11/h2-5,12H,6-8H2,1H3. The molecule has 0 aliphatic rings. The second-order valence-corrected chi connectivity index (χ2v) is 4.15. The van der Waals surface area contributed by atoms with Crippen LogP contribution in [0.4, 0.5) is 0 Å². The van der Waals surface area contributed by atoms with Crippen molar-refractivity contribution in [1.82, 2.24) is 5.32 Å². The average molecular weight is 216 g/mol. The second kappa shape index (κ2) is 6.30. The maximum atomic E-state index is 5.99. The molecule has 1 aromatic rings. The molecule has 0 heterocycles. The molecule has 0 bridgehead atoms. The molecule has 0 amide bonds. The highest BCUT2D eigenvalue weighted by atomic mass is 35.5. The van der Waals surface area contributed by atoms with E-state index in [1.807, 2.05) is 30.0 Å². The molecule has 1 rings (SSSR count). The van der Waals surface area contributed by atoms with Gasteiger partial charge in [-0.2, -0.15) is 11.8 Å². The first kappa shape index (κ1) is 10.9. The van der Waals surface area contributed by atoms with Gasteiger partial charge in [-0.25, -0.2) is 0 Å². The molecule has 0 saturated heterocycles. The van der Waals surface area contributed by atoms with Gasteiger partial charge in [0.1, 0.15) is 0 Å². The van der Waals surface area contributed by atoms with Crippen LogP contribution in [0.1, 0.15) is 5.56 Å². The first-order valence-electron chi connectivity index (χ1n) is 4.27. The highest BCUT2D eigenvalue weighted by molar-refractivity contribution is 7.98. The first-order valence-corrected chi connectivity index (χ1v) is 6.05. The van der Waals surface area contributed by atoms with Gasteiger partial charge in [0.15, 0.2) is 0 Å². The smallest absolute Gasteiger partial charge is 0.0450 e. The summed E-state index contributed by atoms with van der Waals surface area (Å²) in [5.74, 6) is 1.14. The summed E-state index contributed by atoms with van der Waals surface area (Å²) in [6.07, 6.45) is 2.11. The highest BCUT2D eigenvalue weighted by Gasteiger charge is 1.96. The number of halogens is 1. The van der Waals surface area contributed by atoms with Gasteiger partial charge >= 0.3 is 0 Å². The number of nitrogens with one attached hydrogen (secondary N) is 1. The minimum absolute atomic E-state index is 0.846. The molecule has 0 aliphatic carbocycles. The van der Waals surface area contributed by atoms with E-state index in [4.69, 9.17) is 11.6 Å². The summed E-state index contributed by atoms with van der Waals surface area (Å²) in [5.41, 5.74) is 1.17. The molecule has 0 spiro atoms. The summed E-state index contributed by atoms with van der Waals surface area (Å²) >= 11 is 7.84. The number of benzene rings is 1. The van der Waals surface area contributed by atoms with Crippen molar-refractivity contribution in [3.63, 3.8) is 0 Å². The molecular formula is C10H14ClNS. The Morgan fingerprint density at radius 1 is 1.38 bits per heavy atom. The third kappa shape index (κ3) is 4.03. The van der Waals surface area contributed by atoms with E-state index in [2.05, 4.69) is 17.6 Å². The molecule has 0 aromatic heterocycles. The second-order valence-electron chi connectivity index (χ2n) is 2.76. The average Bonchev–Trinajstić information content (AvgIpc) is 2.15. The lowest BCUT2D eigenvalue weighted by atomic mass is 10.2. The van der Waals surface area contributed by atoms with E-state index in [1.54, 1.807) is 0 Å². The Morgan fingerprint density at radius 3 is 2.85 bits per heavy atom. The lowest BCUT2D eigenvalue weighted by Crippen LogP contribution is -2.16. The Balaban J connectivity index is 2.32. The largest absolute Gasteiger partial charge is 0.312 e. The van der Waals surface area contributed by atoms with Crippen molar-refractivity contribution in [1.29, 1.82) is 0 Å². The Kier molecular flexibility index (Phi) is 5.28. The molecule has 0 unspecified atom stereocenters. The van der Waals surface area contributed by atoms with Gasteiger partial charge < -0.3 is 5.32 Å². The predicted molar refractivity (Wildman–Crippen MR) is 61.5 cm³/mol. The number of hydrogen-bond donors (Lipinski definition) is 1. The molecule has 13 heavy (non-hydrogen) atoms. The fourth-order valence-corrected chi connectivity index (χ4v) is 1.59. The van der Waals surface area contributed by atoms with Crippen LogP contribution in [0.2, 0.25) is 5.02 Å². The first-order chi connectivity index (χ1) is 6.34. The molecule has 0 fully saturated rings. The van der Waals surface area contributed by atoms with Crippen LogP contribution >= 0.6 is 23.4 Å². The van der Waals surface area contributed by atoms with Gasteiger partial charge in [-0.3, -0.25) is 0 Å². The Labute approximate surface area is 88.9 Å². The predicted octanol–water partition coefficient (Wildman–Crippen LogP) is 2.79. The van der Waals surface area contributed by atoms with Gasteiger partial charge in [0, 0.05) is 23.9 Å². The van der Waals surface area contributed by atoms with E-state index in [1.165, 1.54) is 5.56 Å². The van der Waals surface area contributed by atoms with E-state index >= 15 is 0 Å². The van der Waals surface area contributed by atoms with Crippen LogP contribution in [0, 0.1) is 0 Å². The molecule has 72 valence electrons. The van der Waals surface area contributed by atoms with E-state index in [-0.39, 0.29) is 0 Å². The molecule has 1 aromatic carbocycles. The zero-order valence-electron chi connectivity index (χ0n) is 7.72. The van der Waals surface area contributed by atoms with Crippen LogP contribution < -0.4 is 5.32 Å². The quantitative estimate of drug-likeness (QED) is 0.759. The van der Waals surface area contributed by atoms with Crippen molar-refractivity contribution in [3.8, 4) is 0 Å². The van der Waals surface area contributed by atoms with Crippen molar-refractivity contribution < 1.29 is 0 Å². The number of thioether (sulfide) groups is 1. The zero-order chi connectivity index (χ0) is 9.52. The summed E-state index contributed by atoms with van der Waals surface area (Å²) in [6, 6.07) is 7.94. The fourth-order valence-electron chi connectivity index (χ4n) is 1.04. The molecule has 0 atom stereocenters. The van der Waals surface area contributed by atoms with Gasteiger partial charge in [0.2, 0.25) is 0 Å². The summed E-state index contributed by atoms with van der Waals surface area (Å²) in [7, 11) is 0. The molecule has 3 heteroatoms. The minimum atomic E-state index is 0.846. The summed E-state index contributed by atoms with van der Waals surface area (Å²) in [6.45, 7) is 1.90. The summed E-state index contributed by atoms with van der Waals surface area (Å²) in [5, 5.41) is 4.18. The molecule has 1 nitrogen and oxygen atoms in total. The van der Waals surface area contributed by atoms with Crippen molar-refractivity contribution >= 4 is 23.4 Å². The number of rotatable bonds is 5. The van der Waals surface area contributed by atoms with E-state index < -0.39 is 0 Å². The lowest BCUT2D eigenvalue weighted by Gasteiger charge is -2.05. The lowest BCUT2D eigenvalue weighted by molar-refractivity contribution is 0.732. The van der Waals surface area contributed by atoms with E-state index in [0.29, 0.717) is 0 Å². The molecule has 0 aliphatic heterocycles. The Bertz CT molecular complexity index is 252. The van der Waals surface area contributed by atoms with Crippen LogP contribution in [-0.2, 0) is 6.54 Å². The summed E-state index contributed by atoms with van der Waals surface area (Å²) < 4.78 is 0. The molecule has 0 saturated carbocycles. The third-order valence-electron chi connectivity index (χ3n) is 1.76. The van der Waals surface area contributed by atoms with E-state index in [9.17, 15) is 0 Å². The SMILES string of the molecule is CSCCNCc1ccccc1Cl. The van der Waals surface area contributed by atoms with Crippen LogP contribution in [0.3, 0.4) is 0 Å². The van der Waals surface area contributed by atoms with Crippen LogP contribution in [0.25, 0.3) is 0 Å². The molecule has 1 N–H and O–H groups in total. The monoisotopic (exact) mass is 215 g/mol. The normalized spacial score (nSPS) is 10.3. The molecule has 0 radical (unpaired) electrons. The highest BCUT2D eigenvalue weighted by Crippen LogP contribution is 2.13. The Morgan fingerprint density at radius 2 is 2.15 bits per heavy atom. The van der Waals surface area contributed by atoms with Crippen molar-refractivity contribution in [2.45, 2.75) is 6.54 Å². The van der Waals surface area contributed by atoms with Crippen molar-refractivity contribution in [2.75, 3.05) is 18.6 Å². The number of hydrogen-bond acceptors (Lipinski definition) is 2. The zero-order valence-corrected chi connectivity index (χ0v) is 9.29. The van der Waals surface area contributed by atoms with Crippen molar-refractivity contribution in [2.24, 2.45) is 0 Å². The van der Waals surface area contributed by atoms with E-state index in [0.717, 1.165) is 23.9 Å². The van der Waals surface area contributed by atoms with Gasteiger partial charge in [0.05, 0.1) is 0 Å². The van der Waals surface area contributed by atoms with Gasteiger partial charge in [0.25, 0.3) is 0 Å². The fraction of sp³-hybridized carbons (Fsp3) is 0.400. The Hall–Kier alpha value is -0.180. The molecular weight excluding hydrogens is 202 g/mol. The van der Waals surface area contributed by atoms with Gasteiger partial charge in [-0.15, -0.1) is 0 Å². The third-order valence-corrected chi connectivity index (χ3v) is 2.74. The van der Waals surface area contributed by atoms with Crippen molar-refractivity contribution in [3.05, 3.63) is 34.9 Å². The maximum Gasteiger partial charge on any atom is 0.0450 e. The minimum Gasteiger partial charge on any atom is -0.312 e. The van der Waals surface area contributed by atoms with Gasteiger partial charge in [-0.1, -0.05) is 29.8 Å². The topological polar surface area (TPSA) is 12.0 Å².